The van der Waals surface area contributed by atoms with Crippen LogP contribution in [-0.4, -0.2) is 85.5 Å². The molecule has 8 nitrogen and oxygen atoms in total. The summed E-state index contributed by atoms with van der Waals surface area (Å²) in [5.74, 6) is 0. The molecule has 0 heterocycles. The Hall–Kier alpha value is -0.810. The molecule has 7 unspecified atom stereocenters. The third-order valence-corrected chi connectivity index (χ3v) is 7.05. The van der Waals surface area contributed by atoms with Crippen molar-refractivity contribution < 1.29 is 30.3 Å². The van der Waals surface area contributed by atoms with Gasteiger partial charge in [-0.1, -0.05) is 67.5 Å². The van der Waals surface area contributed by atoms with Gasteiger partial charge >= 0.3 is 0 Å². The normalized spacial score (nSPS) is 25.9. The van der Waals surface area contributed by atoms with Crippen LogP contribution < -0.4 is 10.6 Å². The lowest BCUT2D eigenvalue weighted by atomic mass is 9.71. The summed E-state index contributed by atoms with van der Waals surface area (Å²) in [7, 11) is 0. The van der Waals surface area contributed by atoms with Gasteiger partial charge in [0.05, 0.1) is 31.0 Å². The first kappa shape index (κ1) is 35.2. The SMILES string of the molecule is CC(C)(C)CC(C)(C)NC(=S)NC(COC1CC=CC(O)C(O)C1O)C(O)CC(O)C(C)(C)CC(C)(C)C. The van der Waals surface area contributed by atoms with Crippen molar-refractivity contribution in [3.63, 3.8) is 0 Å². The van der Waals surface area contributed by atoms with Crippen LogP contribution in [-0.2, 0) is 4.74 Å². The molecular weight excluding hydrogens is 504 g/mol. The summed E-state index contributed by atoms with van der Waals surface area (Å²) in [5.41, 5.74) is -0.656. The van der Waals surface area contributed by atoms with Crippen molar-refractivity contribution in [2.45, 2.75) is 143 Å². The molecule has 0 aromatic heterocycles. The van der Waals surface area contributed by atoms with Crippen molar-refractivity contribution in [1.82, 2.24) is 10.6 Å². The highest BCUT2D eigenvalue weighted by atomic mass is 32.1. The lowest BCUT2D eigenvalue weighted by molar-refractivity contribution is -0.117. The Morgan fingerprint density at radius 2 is 1.47 bits per heavy atom. The van der Waals surface area contributed by atoms with Gasteiger partial charge in [0.15, 0.2) is 5.11 Å². The predicted octanol–water partition coefficient (Wildman–Crippen LogP) is 3.04. The molecule has 1 rings (SSSR count). The first-order chi connectivity index (χ1) is 17.0. The van der Waals surface area contributed by atoms with Crippen molar-refractivity contribution in [3.8, 4) is 0 Å². The van der Waals surface area contributed by atoms with E-state index in [1.165, 1.54) is 6.08 Å². The first-order valence-corrected chi connectivity index (χ1v) is 14.2. The topological polar surface area (TPSA) is 134 Å². The number of ether oxygens (including phenoxy) is 1. The van der Waals surface area contributed by atoms with Gasteiger partial charge in [0.1, 0.15) is 18.3 Å². The van der Waals surface area contributed by atoms with Gasteiger partial charge < -0.3 is 40.9 Å². The average molecular weight is 561 g/mol. The van der Waals surface area contributed by atoms with Crippen LogP contribution in [0.25, 0.3) is 0 Å². The van der Waals surface area contributed by atoms with E-state index in [0.717, 1.165) is 12.8 Å². The van der Waals surface area contributed by atoms with Crippen LogP contribution in [0.2, 0.25) is 0 Å². The minimum atomic E-state index is -1.38. The fraction of sp³-hybridized carbons (Fsp3) is 0.897. The third kappa shape index (κ3) is 12.6. The Kier molecular flexibility index (Phi) is 12.7. The molecule has 9 heteroatoms. The summed E-state index contributed by atoms with van der Waals surface area (Å²) in [6.45, 7) is 20.9. The van der Waals surface area contributed by atoms with Crippen LogP contribution in [0, 0.1) is 16.2 Å². The molecule has 0 aromatic carbocycles. The van der Waals surface area contributed by atoms with Crippen molar-refractivity contribution in [3.05, 3.63) is 12.2 Å². The van der Waals surface area contributed by atoms with E-state index in [1.807, 2.05) is 13.8 Å². The van der Waals surface area contributed by atoms with Crippen LogP contribution in [0.15, 0.2) is 12.2 Å². The fourth-order valence-corrected chi connectivity index (χ4v) is 6.18. The maximum atomic E-state index is 11.3. The van der Waals surface area contributed by atoms with E-state index in [0.29, 0.717) is 11.5 Å². The highest BCUT2D eigenvalue weighted by Crippen LogP contribution is 2.37. The quantitative estimate of drug-likeness (QED) is 0.150. The molecule has 7 atom stereocenters. The summed E-state index contributed by atoms with van der Waals surface area (Å²) < 4.78 is 5.97. The van der Waals surface area contributed by atoms with E-state index < -0.39 is 48.1 Å². The molecule has 0 saturated carbocycles. The highest BCUT2D eigenvalue weighted by Gasteiger charge is 2.37. The van der Waals surface area contributed by atoms with Crippen molar-refractivity contribution in [1.29, 1.82) is 0 Å². The number of aliphatic hydroxyl groups excluding tert-OH is 5. The molecular formula is C29H56N2O6S. The van der Waals surface area contributed by atoms with Gasteiger partial charge in [-0.2, -0.15) is 0 Å². The number of hydrogen-bond donors (Lipinski definition) is 7. The van der Waals surface area contributed by atoms with Crippen LogP contribution >= 0.6 is 12.2 Å². The van der Waals surface area contributed by atoms with E-state index in [9.17, 15) is 25.5 Å². The number of nitrogens with one attached hydrogen (secondary N) is 2. The molecule has 0 fully saturated rings. The number of rotatable bonds is 11. The minimum Gasteiger partial charge on any atom is -0.392 e. The zero-order valence-electron chi connectivity index (χ0n) is 25.3. The Morgan fingerprint density at radius 3 is 2.00 bits per heavy atom. The first-order valence-electron chi connectivity index (χ1n) is 13.8. The summed E-state index contributed by atoms with van der Waals surface area (Å²) in [6.07, 6.45) is -1.31. The zero-order valence-corrected chi connectivity index (χ0v) is 26.1. The molecule has 0 aromatic rings. The van der Waals surface area contributed by atoms with Gasteiger partial charge in [-0.25, -0.2) is 0 Å². The monoisotopic (exact) mass is 560 g/mol. The van der Waals surface area contributed by atoms with Crippen LogP contribution in [0.3, 0.4) is 0 Å². The molecule has 7 N–H and O–H groups in total. The lowest BCUT2D eigenvalue weighted by Gasteiger charge is -2.39. The highest BCUT2D eigenvalue weighted by molar-refractivity contribution is 7.80. The minimum absolute atomic E-state index is 0.00880. The van der Waals surface area contributed by atoms with E-state index >= 15 is 0 Å². The Bertz CT molecular complexity index is 774. The standard InChI is InChI=1S/C29H56N2O6S/c1-26(2,3)16-28(7,8)22(34)14-20(33)18(30-25(38)31-29(9,10)17-27(4,5)6)15-37-21-13-11-12-19(32)23(35)24(21)36/h11-12,18-24,32-36H,13-17H2,1-10H3,(H2,30,31,38). The molecule has 0 spiro atoms. The molecule has 0 aliphatic heterocycles. The smallest absolute Gasteiger partial charge is 0.167 e. The van der Waals surface area contributed by atoms with Gasteiger partial charge in [0, 0.05) is 12.0 Å². The number of aliphatic hydroxyl groups is 5. The maximum Gasteiger partial charge on any atom is 0.167 e. The second-order valence-electron chi connectivity index (χ2n) is 14.9. The molecule has 0 saturated heterocycles. The molecule has 0 bridgehead atoms. The second kappa shape index (κ2) is 13.7. The van der Waals surface area contributed by atoms with Crippen molar-refractivity contribution in [2.75, 3.05) is 6.61 Å². The molecule has 0 amide bonds. The Morgan fingerprint density at radius 1 is 0.921 bits per heavy atom. The Labute approximate surface area is 236 Å². The van der Waals surface area contributed by atoms with E-state index in [2.05, 4.69) is 66.0 Å². The van der Waals surface area contributed by atoms with Crippen LogP contribution in [0.4, 0.5) is 0 Å². The fourth-order valence-electron chi connectivity index (χ4n) is 5.75. The molecule has 1 aliphatic carbocycles. The summed E-state index contributed by atoms with van der Waals surface area (Å²) in [4.78, 5) is 0. The van der Waals surface area contributed by atoms with Gasteiger partial charge in [-0.3, -0.25) is 0 Å². The molecule has 0 radical (unpaired) electrons. The van der Waals surface area contributed by atoms with Gasteiger partial charge in [-0.05, 0) is 61.6 Å². The van der Waals surface area contributed by atoms with Crippen molar-refractivity contribution in [2.24, 2.45) is 16.2 Å². The van der Waals surface area contributed by atoms with Gasteiger partial charge in [-0.15, -0.1) is 0 Å². The Balaban J connectivity index is 3.03. The summed E-state index contributed by atoms with van der Waals surface area (Å²) >= 11 is 5.61. The summed E-state index contributed by atoms with van der Waals surface area (Å²) in [6, 6.07) is -0.693. The van der Waals surface area contributed by atoms with E-state index in [-0.39, 0.29) is 29.4 Å². The third-order valence-electron chi connectivity index (χ3n) is 6.83. The molecule has 38 heavy (non-hydrogen) atoms. The number of hydrogen-bond acceptors (Lipinski definition) is 7. The lowest BCUT2D eigenvalue weighted by Crippen LogP contribution is -2.56. The van der Waals surface area contributed by atoms with Gasteiger partial charge in [0.2, 0.25) is 0 Å². The van der Waals surface area contributed by atoms with E-state index in [4.69, 9.17) is 17.0 Å². The largest absolute Gasteiger partial charge is 0.392 e. The van der Waals surface area contributed by atoms with Crippen LogP contribution in [0.1, 0.15) is 94.9 Å². The zero-order chi connectivity index (χ0) is 29.7. The predicted molar refractivity (Wildman–Crippen MR) is 157 cm³/mol. The second-order valence-corrected chi connectivity index (χ2v) is 15.3. The van der Waals surface area contributed by atoms with Crippen molar-refractivity contribution >= 4 is 17.3 Å². The molecule has 224 valence electrons. The number of thiocarbonyl (C=S) groups is 1. The van der Waals surface area contributed by atoms with Crippen LogP contribution in [0.5, 0.6) is 0 Å². The maximum absolute atomic E-state index is 11.3. The van der Waals surface area contributed by atoms with Gasteiger partial charge in [0.25, 0.3) is 0 Å². The average Bonchev–Trinajstić information content (AvgIpc) is 2.80. The van der Waals surface area contributed by atoms with E-state index in [1.54, 1.807) is 6.08 Å². The molecule has 1 aliphatic rings. The summed E-state index contributed by atoms with van der Waals surface area (Å²) in [5, 5.41) is 59.8.